The molecule has 3 N–H and O–H groups in total. The van der Waals surface area contributed by atoms with Crippen LogP contribution in [-0.2, 0) is 26.2 Å². The van der Waals surface area contributed by atoms with Gasteiger partial charge < -0.3 is 14.8 Å². The van der Waals surface area contributed by atoms with Gasteiger partial charge in [0.15, 0.2) is 5.03 Å². The summed E-state index contributed by atoms with van der Waals surface area (Å²) < 4.78 is 27.3. The van der Waals surface area contributed by atoms with Crippen LogP contribution < -0.4 is 4.72 Å². The molecule has 0 amide bonds. The van der Waals surface area contributed by atoms with Crippen molar-refractivity contribution in [1.82, 2.24) is 14.3 Å². The predicted molar refractivity (Wildman–Crippen MR) is 66.6 cm³/mol. The molecule has 0 aromatic carbocycles. The van der Waals surface area contributed by atoms with Crippen LogP contribution in [0.3, 0.4) is 0 Å². The molecule has 0 aliphatic rings. The second kappa shape index (κ2) is 6.01. The highest BCUT2D eigenvalue weighted by atomic mass is 32.2. The third-order valence-corrected chi connectivity index (χ3v) is 3.89. The molecule has 0 spiro atoms. The van der Waals surface area contributed by atoms with E-state index in [1.807, 2.05) is 4.72 Å². The minimum absolute atomic E-state index is 0.339. The van der Waals surface area contributed by atoms with E-state index in [4.69, 9.17) is 10.2 Å². The van der Waals surface area contributed by atoms with E-state index < -0.39 is 34.4 Å². The zero-order valence-corrected chi connectivity index (χ0v) is 11.7. The quantitative estimate of drug-likeness (QED) is 0.612. The van der Waals surface area contributed by atoms with Gasteiger partial charge in [-0.1, -0.05) is 0 Å². The van der Waals surface area contributed by atoms with Crippen molar-refractivity contribution < 1.29 is 28.2 Å². The molecule has 0 aliphatic heterocycles. The Morgan fingerprint density at radius 2 is 2.05 bits per heavy atom. The zero-order chi connectivity index (χ0) is 15.5. The number of rotatable bonds is 7. The lowest BCUT2D eigenvalue weighted by Crippen LogP contribution is -2.42. The average Bonchev–Trinajstić information content (AvgIpc) is 2.69. The fraction of sp³-hybridized carbons (Fsp3) is 0.500. The first kappa shape index (κ1) is 16.1. The van der Waals surface area contributed by atoms with Crippen LogP contribution in [0, 0.1) is 6.92 Å². The van der Waals surface area contributed by atoms with Crippen molar-refractivity contribution in [3.05, 3.63) is 12.0 Å². The topological polar surface area (TPSA) is 139 Å². The van der Waals surface area contributed by atoms with E-state index >= 15 is 0 Å². The lowest BCUT2D eigenvalue weighted by Gasteiger charge is -2.11. The molecule has 1 aromatic heterocycles. The number of imidazole rings is 1. The summed E-state index contributed by atoms with van der Waals surface area (Å²) in [6.45, 7) is 3.91. The van der Waals surface area contributed by atoms with Gasteiger partial charge in [0.1, 0.15) is 11.9 Å². The van der Waals surface area contributed by atoms with Gasteiger partial charge in [0.05, 0.1) is 6.42 Å². The molecule has 0 fully saturated rings. The lowest BCUT2D eigenvalue weighted by atomic mass is 10.2. The van der Waals surface area contributed by atoms with Crippen molar-refractivity contribution in [2.75, 3.05) is 0 Å². The highest BCUT2D eigenvalue weighted by Gasteiger charge is 2.29. The van der Waals surface area contributed by atoms with Crippen molar-refractivity contribution in [2.24, 2.45) is 0 Å². The maximum Gasteiger partial charge on any atom is 0.322 e. The third-order valence-electron chi connectivity index (χ3n) is 2.54. The number of sulfonamides is 1. The number of aryl methyl sites for hydroxylation is 2. The number of aliphatic carboxylic acids is 2. The van der Waals surface area contributed by atoms with Gasteiger partial charge in [0.25, 0.3) is 10.0 Å². The van der Waals surface area contributed by atoms with Gasteiger partial charge in [-0.05, 0) is 13.8 Å². The van der Waals surface area contributed by atoms with Gasteiger partial charge in [0, 0.05) is 12.7 Å². The summed E-state index contributed by atoms with van der Waals surface area (Å²) in [7, 11) is -4.19. The molecule has 0 saturated carbocycles. The fourth-order valence-corrected chi connectivity index (χ4v) is 2.73. The van der Waals surface area contributed by atoms with Gasteiger partial charge in [-0.3, -0.25) is 9.59 Å². The first-order chi connectivity index (χ1) is 9.17. The fourth-order valence-electron chi connectivity index (χ4n) is 1.53. The van der Waals surface area contributed by atoms with Crippen LogP contribution >= 0.6 is 0 Å². The number of nitrogens with zero attached hydrogens (tertiary/aromatic N) is 2. The average molecular weight is 305 g/mol. The maximum absolute atomic E-state index is 12.0. The van der Waals surface area contributed by atoms with E-state index in [-0.39, 0.29) is 5.03 Å². The Kier molecular flexibility index (Phi) is 4.84. The summed E-state index contributed by atoms with van der Waals surface area (Å²) in [5.74, 6) is -2.53. The number of aromatic nitrogens is 2. The van der Waals surface area contributed by atoms with E-state index in [2.05, 4.69) is 4.98 Å². The number of carbonyl (C=O) groups is 2. The number of nitrogens with one attached hydrogen (secondary N) is 1. The number of hydrogen-bond acceptors (Lipinski definition) is 5. The third kappa shape index (κ3) is 3.78. The van der Waals surface area contributed by atoms with Crippen molar-refractivity contribution >= 4 is 22.0 Å². The molecule has 1 unspecified atom stereocenters. The second-order valence-corrected chi connectivity index (χ2v) is 5.68. The molecule has 1 rings (SSSR count). The molecule has 1 atom stereocenters. The molecular formula is C10H15N3O6S. The molecule has 0 radical (unpaired) electrons. The van der Waals surface area contributed by atoms with E-state index in [1.165, 1.54) is 6.20 Å². The van der Waals surface area contributed by atoms with Crippen molar-refractivity contribution in [3.8, 4) is 0 Å². The highest BCUT2D eigenvalue weighted by Crippen LogP contribution is 2.10. The standard InChI is InChI=1S/C10H15N3O6S/c1-3-13-5-8(11-6(13)2)20(18,19)12-7(10(16)17)4-9(14)15/h5,7,12H,3-4H2,1-2H3,(H,14,15)(H,16,17). The lowest BCUT2D eigenvalue weighted by molar-refractivity contribution is -0.145. The van der Waals surface area contributed by atoms with Gasteiger partial charge in [0.2, 0.25) is 0 Å². The van der Waals surface area contributed by atoms with Gasteiger partial charge in [-0.25, -0.2) is 13.4 Å². The van der Waals surface area contributed by atoms with Crippen LogP contribution in [0.15, 0.2) is 11.2 Å². The predicted octanol–water partition coefficient (Wildman–Crippen LogP) is -0.582. The number of hydrogen-bond donors (Lipinski definition) is 3. The van der Waals surface area contributed by atoms with Crippen molar-refractivity contribution in [3.63, 3.8) is 0 Å². The maximum atomic E-state index is 12.0. The second-order valence-electron chi connectivity index (χ2n) is 4.02. The molecule has 20 heavy (non-hydrogen) atoms. The highest BCUT2D eigenvalue weighted by molar-refractivity contribution is 7.89. The van der Waals surface area contributed by atoms with Gasteiger partial charge >= 0.3 is 11.9 Å². The molecule has 0 saturated heterocycles. The zero-order valence-electron chi connectivity index (χ0n) is 10.9. The van der Waals surface area contributed by atoms with Crippen LogP contribution in [0.25, 0.3) is 0 Å². The summed E-state index contributed by atoms with van der Waals surface area (Å²) in [4.78, 5) is 25.2. The first-order valence-corrected chi connectivity index (χ1v) is 7.16. The molecule has 0 aliphatic carbocycles. The summed E-state index contributed by atoms with van der Waals surface area (Å²) in [5.41, 5.74) is 0. The number of carboxylic acids is 2. The van der Waals surface area contributed by atoms with Crippen LogP contribution in [0.4, 0.5) is 0 Å². The van der Waals surface area contributed by atoms with Crippen LogP contribution in [0.1, 0.15) is 19.2 Å². The van der Waals surface area contributed by atoms with Crippen LogP contribution in [-0.4, -0.2) is 46.2 Å². The molecule has 1 aromatic rings. The van der Waals surface area contributed by atoms with Crippen LogP contribution in [0.2, 0.25) is 0 Å². The Hall–Kier alpha value is -1.94. The largest absolute Gasteiger partial charge is 0.481 e. The molecular weight excluding hydrogens is 290 g/mol. The Morgan fingerprint density at radius 3 is 2.45 bits per heavy atom. The molecule has 9 nitrogen and oxygen atoms in total. The smallest absolute Gasteiger partial charge is 0.322 e. The van der Waals surface area contributed by atoms with Gasteiger partial charge in [-0.15, -0.1) is 0 Å². The minimum atomic E-state index is -4.19. The van der Waals surface area contributed by atoms with E-state index in [0.717, 1.165) is 0 Å². The number of carboxylic acid groups (broad SMARTS) is 2. The normalized spacial score (nSPS) is 13.1. The summed E-state index contributed by atoms with van der Waals surface area (Å²) in [6, 6.07) is -1.75. The molecule has 10 heteroatoms. The Morgan fingerprint density at radius 1 is 1.45 bits per heavy atom. The molecule has 1 heterocycles. The molecule has 112 valence electrons. The molecule has 0 bridgehead atoms. The Bertz CT molecular complexity index is 621. The Labute approximate surface area is 115 Å². The minimum Gasteiger partial charge on any atom is -0.481 e. The monoisotopic (exact) mass is 305 g/mol. The first-order valence-electron chi connectivity index (χ1n) is 5.68. The van der Waals surface area contributed by atoms with Crippen molar-refractivity contribution in [1.29, 1.82) is 0 Å². The summed E-state index contributed by atoms with van der Waals surface area (Å²) in [6.07, 6.45) is 0.402. The van der Waals surface area contributed by atoms with Crippen LogP contribution in [0.5, 0.6) is 0 Å². The SMILES string of the molecule is CCn1cc(S(=O)(=O)NC(CC(=O)O)C(=O)O)nc1C. The van der Waals surface area contributed by atoms with Gasteiger partial charge in [-0.2, -0.15) is 4.72 Å². The van der Waals surface area contributed by atoms with E-state index in [1.54, 1.807) is 18.4 Å². The summed E-state index contributed by atoms with van der Waals surface area (Å²) in [5, 5.41) is 17.1. The summed E-state index contributed by atoms with van der Waals surface area (Å²) >= 11 is 0. The Balaban J connectivity index is 3.02. The van der Waals surface area contributed by atoms with Crippen molar-refractivity contribution in [2.45, 2.75) is 37.9 Å². The van der Waals surface area contributed by atoms with E-state index in [0.29, 0.717) is 12.4 Å². The van der Waals surface area contributed by atoms with E-state index in [9.17, 15) is 18.0 Å².